The maximum atomic E-state index is 11.1. The summed E-state index contributed by atoms with van der Waals surface area (Å²) in [4.78, 5) is 15.8. The Balaban J connectivity index is 1.68. The third-order valence-electron chi connectivity index (χ3n) is 5.91. The molecule has 4 aliphatic rings. The van der Waals surface area contributed by atoms with E-state index < -0.39 is 5.97 Å². The van der Waals surface area contributed by atoms with Crippen molar-refractivity contribution in [2.24, 2.45) is 23.7 Å². The van der Waals surface area contributed by atoms with Crippen LogP contribution in [0.5, 0.6) is 0 Å². The monoisotopic (exact) mass is 271 g/mol. The molecule has 1 aromatic rings. The van der Waals surface area contributed by atoms with Crippen LogP contribution >= 0.6 is 0 Å². The summed E-state index contributed by atoms with van der Waals surface area (Å²) in [5.41, 5.74) is 2.17. The van der Waals surface area contributed by atoms with Crippen molar-refractivity contribution < 1.29 is 9.90 Å². The summed E-state index contributed by atoms with van der Waals surface area (Å²) >= 11 is 0. The van der Waals surface area contributed by atoms with Crippen molar-refractivity contribution in [2.75, 3.05) is 0 Å². The van der Waals surface area contributed by atoms with Gasteiger partial charge in [0.2, 0.25) is 0 Å². The van der Waals surface area contributed by atoms with Crippen LogP contribution in [0.25, 0.3) is 0 Å². The Morgan fingerprint density at radius 3 is 2.20 bits per heavy atom. The van der Waals surface area contributed by atoms with E-state index in [2.05, 4.69) is 4.98 Å². The van der Waals surface area contributed by atoms with E-state index in [-0.39, 0.29) is 0 Å². The maximum absolute atomic E-state index is 11.1. The second kappa shape index (κ2) is 4.31. The number of pyridine rings is 1. The van der Waals surface area contributed by atoms with E-state index in [0.29, 0.717) is 17.2 Å². The lowest BCUT2D eigenvalue weighted by molar-refractivity contribution is -0.00419. The number of rotatable bonds is 2. The summed E-state index contributed by atoms with van der Waals surface area (Å²) in [6, 6.07) is 3.73. The lowest BCUT2D eigenvalue weighted by Gasteiger charge is -2.54. The number of aromatic carboxylic acids is 1. The maximum Gasteiger partial charge on any atom is 0.337 e. The number of nitrogens with zero attached hydrogens (tertiary/aromatic N) is 1. The molecular formula is C17H21NO2. The molecule has 0 aromatic carbocycles. The predicted octanol–water partition coefficient (Wildman–Crippen LogP) is 3.63. The normalized spacial score (nSPS) is 38.1. The summed E-state index contributed by atoms with van der Waals surface area (Å²) in [6.07, 6.45) is 6.96. The topological polar surface area (TPSA) is 50.2 Å². The average Bonchev–Trinajstić information content (AvgIpc) is 2.37. The molecule has 4 saturated carbocycles. The van der Waals surface area contributed by atoms with Gasteiger partial charge in [0.1, 0.15) is 0 Å². The molecule has 3 nitrogen and oxygen atoms in total. The Morgan fingerprint density at radius 2 is 1.70 bits per heavy atom. The molecule has 106 valence electrons. The van der Waals surface area contributed by atoms with Crippen LogP contribution < -0.4 is 0 Å². The van der Waals surface area contributed by atoms with Crippen molar-refractivity contribution in [1.29, 1.82) is 0 Å². The fraction of sp³-hybridized carbons (Fsp3) is 0.647. The highest BCUT2D eigenvalue weighted by atomic mass is 16.4. The lowest BCUT2D eigenvalue weighted by Crippen LogP contribution is -2.44. The second-order valence-corrected chi connectivity index (χ2v) is 7.13. The van der Waals surface area contributed by atoms with Gasteiger partial charge >= 0.3 is 5.97 Å². The first-order chi connectivity index (χ1) is 9.61. The van der Waals surface area contributed by atoms with Crippen molar-refractivity contribution in [3.8, 4) is 0 Å². The summed E-state index contributed by atoms with van der Waals surface area (Å²) in [6.45, 7) is 1.82. The summed E-state index contributed by atoms with van der Waals surface area (Å²) in [5, 5.41) is 9.13. The van der Waals surface area contributed by atoms with Gasteiger partial charge in [-0.15, -0.1) is 0 Å². The Morgan fingerprint density at radius 1 is 1.10 bits per heavy atom. The first-order valence-electron chi connectivity index (χ1n) is 7.82. The number of aryl methyl sites for hydroxylation is 1. The van der Waals surface area contributed by atoms with Crippen molar-refractivity contribution in [1.82, 2.24) is 4.98 Å². The van der Waals surface area contributed by atoms with Gasteiger partial charge in [-0.1, -0.05) is 0 Å². The number of aromatic nitrogens is 1. The number of carboxylic acid groups (broad SMARTS) is 1. The van der Waals surface area contributed by atoms with Crippen LogP contribution in [-0.2, 0) is 0 Å². The number of hydrogen-bond donors (Lipinski definition) is 1. The number of carboxylic acids is 1. The molecule has 4 aliphatic carbocycles. The van der Waals surface area contributed by atoms with Crippen LogP contribution in [0.1, 0.15) is 59.8 Å². The highest BCUT2D eigenvalue weighted by molar-refractivity contribution is 5.88. The molecule has 0 radical (unpaired) electrons. The van der Waals surface area contributed by atoms with Crippen LogP contribution in [0.3, 0.4) is 0 Å². The minimum atomic E-state index is -0.869. The first kappa shape index (κ1) is 12.4. The highest BCUT2D eigenvalue weighted by Crippen LogP contribution is 2.59. The van der Waals surface area contributed by atoms with Gasteiger partial charge in [0.05, 0.1) is 11.3 Å². The molecule has 0 amide bonds. The molecule has 0 aliphatic heterocycles. The van der Waals surface area contributed by atoms with E-state index >= 15 is 0 Å². The zero-order valence-electron chi connectivity index (χ0n) is 11.9. The largest absolute Gasteiger partial charge is 0.478 e. The van der Waals surface area contributed by atoms with Gasteiger partial charge in [0, 0.05) is 11.6 Å². The molecule has 4 fully saturated rings. The Kier molecular flexibility index (Phi) is 2.66. The fourth-order valence-corrected chi connectivity index (χ4v) is 5.40. The Hall–Kier alpha value is -1.38. The Bertz CT molecular complexity index is 538. The van der Waals surface area contributed by atoms with Crippen molar-refractivity contribution in [2.45, 2.75) is 44.9 Å². The molecule has 0 saturated heterocycles. The third kappa shape index (κ3) is 1.79. The molecule has 0 spiro atoms. The SMILES string of the molecule is Cc1nc(C2C3CC4CC(C3)CC2C4)ccc1C(=O)O. The minimum Gasteiger partial charge on any atom is -0.478 e. The van der Waals surface area contributed by atoms with Gasteiger partial charge in [-0.3, -0.25) is 4.98 Å². The summed E-state index contributed by atoms with van der Waals surface area (Å²) < 4.78 is 0. The van der Waals surface area contributed by atoms with Crippen LogP contribution in [-0.4, -0.2) is 16.1 Å². The van der Waals surface area contributed by atoms with Gasteiger partial charge in [0.15, 0.2) is 0 Å². The van der Waals surface area contributed by atoms with Crippen LogP contribution in [0.15, 0.2) is 12.1 Å². The molecule has 1 aromatic heterocycles. The predicted molar refractivity (Wildman–Crippen MR) is 75.7 cm³/mol. The third-order valence-corrected chi connectivity index (χ3v) is 5.91. The fourth-order valence-electron chi connectivity index (χ4n) is 5.40. The molecule has 20 heavy (non-hydrogen) atoms. The second-order valence-electron chi connectivity index (χ2n) is 7.13. The van der Waals surface area contributed by atoms with Crippen LogP contribution in [0.2, 0.25) is 0 Å². The highest BCUT2D eigenvalue weighted by Gasteiger charge is 2.49. The van der Waals surface area contributed by atoms with E-state index in [4.69, 9.17) is 5.11 Å². The zero-order chi connectivity index (χ0) is 13.9. The minimum absolute atomic E-state index is 0.345. The number of carbonyl (C=O) groups is 1. The smallest absolute Gasteiger partial charge is 0.337 e. The van der Waals surface area contributed by atoms with Crippen LogP contribution in [0, 0.1) is 30.6 Å². The molecule has 0 unspecified atom stereocenters. The van der Waals surface area contributed by atoms with Gasteiger partial charge < -0.3 is 5.11 Å². The molecule has 1 N–H and O–H groups in total. The van der Waals surface area contributed by atoms with E-state index in [9.17, 15) is 4.79 Å². The van der Waals surface area contributed by atoms with E-state index in [1.54, 1.807) is 6.07 Å². The number of hydrogen-bond acceptors (Lipinski definition) is 2. The van der Waals surface area contributed by atoms with Gasteiger partial charge in [0.25, 0.3) is 0 Å². The quantitative estimate of drug-likeness (QED) is 0.893. The first-order valence-corrected chi connectivity index (χ1v) is 7.82. The van der Waals surface area contributed by atoms with E-state index in [1.807, 2.05) is 13.0 Å². The van der Waals surface area contributed by atoms with E-state index in [0.717, 1.165) is 29.4 Å². The molecule has 5 rings (SSSR count). The van der Waals surface area contributed by atoms with Crippen molar-refractivity contribution >= 4 is 5.97 Å². The standard InChI is InChI=1S/C17H21NO2/c1-9-14(17(19)20)2-3-15(18-9)16-12-5-10-4-11(7-12)8-13(16)6-10/h2-3,10-13,16H,4-8H2,1H3,(H,19,20). The zero-order valence-corrected chi connectivity index (χ0v) is 11.9. The molecule has 0 atom stereocenters. The summed E-state index contributed by atoms with van der Waals surface area (Å²) in [5.74, 6) is 3.25. The van der Waals surface area contributed by atoms with Gasteiger partial charge in [-0.25, -0.2) is 4.79 Å². The van der Waals surface area contributed by atoms with Gasteiger partial charge in [-0.05, 0) is 74.8 Å². The lowest BCUT2D eigenvalue weighted by atomic mass is 9.51. The molecular weight excluding hydrogens is 250 g/mol. The molecule has 1 heterocycles. The average molecular weight is 271 g/mol. The summed E-state index contributed by atoms with van der Waals surface area (Å²) in [7, 11) is 0. The van der Waals surface area contributed by atoms with Crippen molar-refractivity contribution in [3.63, 3.8) is 0 Å². The van der Waals surface area contributed by atoms with Crippen LogP contribution in [0.4, 0.5) is 0 Å². The van der Waals surface area contributed by atoms with Crippen molar-refractivity contribution in [3.05, 3.63) is 29.1 Å². The van der Waals surface area contributed by atoms with Gasteiger partial charge in [-0.2, -0.15) is 0 Å². The Labute approximate surface area is 119 Å². The molecule has 4 bridgehead atoms. The molecule has 3 heteroatoms. The van der Waals surface area contributed by atoms with E-state index in [1.165, 1.54) is 32.1 Å².